The van der Waals surface area contributed by atoms with E-state index in [9.17, 15) is 4.79 Å². The zero-order valence-electron chi connectivity index (χ0n) is 11.4. The summed E-state index contributed by atoms with van der Waals surface area (Å²) in [6.07, 6.45) is 3.90. The number of amides is 1. The predicted molar refractivity (Wildman–Crippen MR) is 76.0 cm³/mol. The Morgan fingerprint density at radius 1 is 1.40 bits per heavy atom. The molecule has 1 amide bonds. The van der Waals surface area contributed by atoms with E-state index < -0.39 is 0 Å². The first kappa shape index (κ1) is 13.9. The maximum Gasteiger partial charge on any atom is 0.223 e. The van der Waals surface area contributed by atoms with Crippen molar-refractivity contribution in [3.05, 3.63) is 42.2 Å². The molecule has 6 heteroatoms. The molecule has 3 N–H and O–H groups in total. The van der Waals surface area contributed by atoms with Crippen LogP contribution in [-0.4, -0.2) is 22.3 Å². The van der Waals surface area contributed by atoms with Crippen LogP contribution in [-0.2, 0) is 18.4 Å². The molecule has 0 unspecified atom stereocenters. The molecule has 20 heavy (non-hydrogen) atoms. The standard InChI is InChI=1S/C14H18N4O2/c1-18-10-11(9-17-18)8-16-14(19)6-7-20-13-4-2-12(15)3-5-13/h2-5,9-10H,6-8,15H2,1H3,(H,16,19). The molecule has 0 aliphatic rings. The van der Waals surface area contributed by atoms with Crippen LogP contribution in [0, 0.1) is 0 Å². The van der Waals surface area contributed by atoms with E-state index in [-0.39, 0.29) is 5.91 Å². The number of aryl methyl sites for hydroxylation is 1. The number of ether oxygens (including phenoxy) is 1. The largest absolute Gasteiger partial charge is 0.493 e. The molecular formula is C14H18N4O2. The lowest BCUT2D eigenvalue weighted by atomic mass is 10.3. The van der Waals surface area contributed by atoms with E-state index in [2.05, 4.69) is 10.4 Å². The fraction of sp³-hybridized carbons (Fsp3) is 0.286. The van der Waals surface area contributed by atoms with Crippen molar-refractivity contribution in [2.45, 2.75) is 13.0 Å². The number of hydrogen-bond acceptors (Lipinski definition) is 4. The van der Waals surface area contributed by atoms with Crippen LogP contribution in [0.3, 0.4) is 0 Å². The quantitative estimate of drug-likeness (QED) is 0.772. The summed E-state index contributed by atoms with van der Waals surface area (Å²) in [4.78, 5) is 11.6. The molecule has 0 radical (unpaired) electrons. The van der Waals surface area contributed by atoms with Gasteiger partial charge in [-0.15, -0.1) is 0 Å². The fourth-order valence-corrected chi connectivity index (χ4v) is 1.68. The Morgan fingerprint density at radius 2 is 2.15 bits per heavy atom. The highest BCUT2D eigenvalue weighted by atomic mass is 16.5. The Morgan fingerprint density at radius 3 is 2.80 bits per heavy atom. The van der Waals surface area contributed by atoms with Crippen molar-refractivity contribution in [1.29, 1.82) is 0 Å². The van der Waals surface area contributed by atoms with Crippen LogP contribution >= 0.6 is 0 Å². The first-order chi connectivity index (χ1) is 9.63. The minimum absolute atomic E-state index is 0.0516. The normalized spacial score (nSPS) is 10.2. The molecule has 1 aromatic carbocycles. The summed E-state index contributed by atoms with van der Waals surface area (Å²) < 4.78 is 7.16. The summed E-state index contributed by atoms with van der Waals surface area (Å²) in [5.74, 6) is 0.656. The lowest BCUT2D eigenvalue weighted by Crippen LogP contribution is -2.24. The van der Waals surface area contributed by atoms with Gasteiger partial charge in [-0.3, -0.25) is 9.48 Å². The number of nitrogens with one attached hydrogen (secondary N) is 1. The van der Waals surface area contributed by atoms with Crippen LogP contribution in [0.2, 0.25) is 0 Å². The van der Waals surface area contributed by atoms with Crippen LogP contribution in [0.5, 0.6) is 5.75 Å². The molecule has 106 valence electrons. The maximum absolute atomic E-state index is 11.6. The molecular weight excluding hydrogens is 256 g/mol. The summed E-state index contributed by atoms with van der Waals surface area (Å²) >= 11 is 0. The van der Waals surface area contributed by atoms with E-state index in [4.69, 9.17) is 10.5 Å². The van der Waals surface area contributed by atoms with E-state index >= 15 is 0 Å². The molecule has 2 aromatic rings. The Kier molecular flexibility index (Phi) is 4.60. The molecule has 1 heterocycles. The Hall–Kier alpha value is -2.50. The summed E-state index contributed by atoms with van der Waals surface area (Å²) in [5, 5.41) is 6.85. The van der Waals surface area contributed by atoms with Gasteiger partial charge in [-0.05, 0) is 24.3 Å². The molecule has 0 saturated carbocycles. The monoisotopic (exact) mass is 274 g/mol. The summed E-state index contributed by atoms with van der Waals surface area (Å²) in [6, 6.07) is 7.08. The average Bonchev–Trinajstić information content (AvgIpc) is 2.85. The van der Waals surface area contributed by atoms with Gasteiger partial charge in [-0.1, -0.05) is 0 Å². The van der Waals surface area contributed by atoms with Crippen LogP contribution in [0.4, 0.5) is 5.69 Å². The molecule has 0 fully saturated rings. The van der Waals surface area contributed by atoms with E-state index in [1.165, 1.54) is 0 Å². The van der Waals surface area contributed by atoms with Crippen molar-refractivity contribution in [2.24, 2.45) is 7.05 Å². The number of benzene rings is 1. The molecule has 0 saturated heterocycles. The van der Waals surface area contributed by atoms with Crippen molar-refractivity contribution in [1.82, 2.24) is 15.1 Å². The molecule has 0 aliphatic heterocycles. The lowest BCUT2D eigenvalue weighted by Gasteiger charge is -2.06. The van der Waals surface area contributed by atoms with Crippen molar-refractivity contribution in [3.8, 4) is 5.75 Å². The van der Waals surface area contributed by atoms with Gasteiger partial charge in [0.15, 0.2) is 0 Å². The highest BCUT2D eigenvalue weighted by Crippen LogP contribution is 2.13. The summed E-state index contributed by atoms with van der Waals surface area (Å²) in [5.41, 5.74) is 7.23. The Balaban J connectivity index is 1.66. The number of anilines is 1. The first-order valence-electron chi connectivity index (χ1n) is 6.36. The third-order valence-corrected chi connectivity index (χ3v) is 2.73. The van der Waals surface area contributed by atoms with Gasteiger partial charge in [0.25, 0.3) is 0 Å². The summed E-state index contributed by atoms with van der Waals surface area (Å²) in [7, 11) is 1.84. The molecule has 1 aromatic heterocycles. The Labute approximate surface area is 117 Å². The Bertz CT molecular complexity index is 563. The minimum Gasteiger partial charge on any atom is -0.493 e. The second-order valence-corrected chi connectivity index (χ2v) is 4.47. The number of nitrogen functional groups attached to an aromatic ring is 1. The predicted octanol–water partition coefficient (Wildman–Crippen LogP) is 1.09. The van der Waals surface area contributed by atoms with Crippen LogP contribution in [0.15, 0.2) is 36.7 Å². The number of hydrogen-bond donors (Lipinski definition) is 2. The van der Waals surface area contributed by atoms with Gasteiger partial charge in [0.05, 0.1) is 19.2 Å². The lowest BCUT2D eigenvalue weighted by molar-refractivity contribution is -0.121. The van der Waals surface area contributed by atoms with Crippen LogP contribution in [0.25, 0.3) is 0 Å². The first-order valence-corrected chi connectivity index (χ1v) is 6.36. The molecule has 0 aliphatic carbocycles. The van der Waals surface area contributed by atoms with Gasteiger partial charge in [0, 0.05) is 31.0 Å². The maximum atomic E-state index is 11.6. The topological polar surface area (TPSA) is 82.2 Å². The second-order valence-electron chi connectivity index (χ2n) is 4.47. The second kappa shape index (κ2) is 6.60. The van der Waals surface area contributed by atoms with Gasteiger partial charge in [-0.2, -0.15) is 5.10 Å². The highest BCUT2D eigenvalue weighted by Gasteiger charge is 2.03. The zero-order chi connectivity index (χ0) is 14.4. The average molecular weight is 274 g/mol. The van der Waals surface area contributed by atoms with Gasteiger partial charge >= 0.3 is 0 Å². The summed E-state index contributed by atoms with van der Waals surface area (Å²) in [6.45, 7) is 0.817. The smallest absolute Gasteiger partial charge is 0.223 e. The number of carbonyl (C=O) groups excluding carboxylic acids is 1. The number of nitrogens with two attached hydrogens (primary N) is 1. The van der Waals surface area contributed by atoms with Crippen molar-refractivity contribution < 1.29 is 9.53 Å². The third-order valence-electron chi connectivity index (χ3n) is 2.73. The van der Waals surface area contributed by atoms with Gasteiger partial charge in [-0.25, -0.2) is 0 Å². The molecule has 0 bridgehead atoms. The zero-order valence-corrected chi connectivity index (χ0v) is 11.4. The van der Waals surface area contributed by atoms with E-state index in [0.717, 1.165) is 5.56 Å². The number of aromatic nitrogens is 2. The van der Waals surface area contributed by atoms with Crippen LogP contribution in [0.1, 0.15) is 12.0 Å². The number of nitrogens with zero attached hydrogens (tertiary/aromatic N) is 2. The SMILES string of the molecule is Cn1cc(CNC(=O)CCOc2ccc(N)cc2)cn1. The molecule has 0 spiro atoms. The van der Waals surface area contributed by atoms with Crippen molar-refractivity contribution >= 4 is 11.6 Å². The number of carbonyl (C=O) groups is 1. The third kappa shape index (κ3) is 4.31. The minimum atomic E-state index is -0.0516. The van der Waals surface area contributed by atoms with E-state index in [1.54, 1.807) is 35.1 Å². The van der Waals surface area contributed by atoms with E-state index in [1.807, 2.05) is 13.2 Å². The highest BCUT2D eigenvalue weighted by molar-refractivity contribution is 5.75. The molecule has 6 nitrogen and oxygen atoms in total. The fourth-order valence-electron chi connectivity index (χ4n) is 1.68. The van der Waals surface area contributed by atoms with Crippen molar-refractivity contribution in [2.75, 3.05) is 12.3 Å². The van der Waals surface area contributed by atoms with E-state index in [0.29, 0.717) is 31.0 Å². The van der Waals surface area contributed by atoms with Gasteiger partial charge in [0.2, 0.25) is 5.91 Å². The van der Waals surface area contributed by atoms with Crippen molar-refractivity contribution in [3.63, 3.8) is 0 Å². The van der Waals surface area contributed by atoms with Crippen LogP contribution < -0.4 is 15.8 Å². The molecule has 0 atom stereocenters. The van der Waals surface area contributed by atoms with Gasteiger partial charge in [0.1, 0.15) is 5.75 Å². The van der Waals surface area contributed by atoms with Gasteiger partial charge < -0.3 is 15.8 Å². The number of rotatable bonds is 6. The molecule has 2 rings (SSSR count).